The van der Waals surface area contributed by atoms with Crippen LogP contribution in [0.15, 0.2) is 24.3 Å². The first kappa shape index (κ1) is 32.8. The number of carbonyl (C=O) groups excluding carboxylic acids is 4. The average Bonchev–Trinajstić information content (AvgIpc) is 3.57. The molecule has 1 aliphatic heterocycles. The molecule has 0 aromatic heterocycles. The Morgan fingerprint density at radius 3 is 2.57 bits per heavy atom. The molecular weight excluding hydrogens is 574 g/mol. The number of rotatable bonds is 12. The van der Waals surface area contributed by atoms with Gasteiger partial charge in [0.1, 0.15) is 17.6 Å². The van der Waals surface area contributed by atoms with Gasteiger partial charge in [-0.15, -0.1) is 0 Å². The largest absolute Gasteiger partial charge is 0.445 e. The monoisotopic (exact) mass is 625 g/mol. The predicted molar refractivity (Wildman–Crippen MR) is 173 cm³/mol. The molecule has 4 aliphatic rings. The van der Waals surface area contributed by atoms with E-state index in [-0.39, 0.29) is 35.3 Å². The summed E-state index contributed by atoms with van der Waals surface area (Å²) in [5.74, 6) is 0.142. The molecule has 3 amide bonds. The van der Waals surface area contributed by atoms with Crippen LogP contribution < -0.4 is 15.4 Å². The Labute approximate surface area is 267 Å². The molecule has 0 bridgehead atoms. The van der Waals surface area contributed by atoms with Gasteiger partial charge in [0.2, 0.25) is 11.8 Å². The molecule has 1 aromatic rings. The molecule has 1 spiro atoms. The van der Waals surface area contributed by atoms with Crippen LogP contribution in [0, 0.1) is 24.7 Å². The molecule has 9 heteroatoms. The summed E-state index contributed by atoms with van der Waals surface area (Å²) >= 11 is 1.10. The summed E-state index contributed by atoms with van der Waals surface area (Å²) in [4.78, 5) is 51.5. The molecule has 5 atom stereocenters. The zero-order valence-electron chi connectivity index (χ0n) is 26.3. The van der Waals surface area contributed by atoms with E-state index >= 15 is 0 Å². The van der Waals surface area contributed by atoms with Gasteiger partial charge in [-0.2, -0.15) is 0 Å². The standard InChI is InChI=1S/C35H51N3O5S/c1-24-10-8-13-26(18-24)19-27-14-9-15-30(27)43-34(42)38-44-31(20-25-11-4-2-5-12-25)33(41)36-29(23-39)21-28-22-35(37-32(28)40)16-6-3-7-17-35/h8,10,13,18,23,25,27-31H,2-7,9,11-12,14-17,19-22H2,1H3,(H,36,41)(H,37,40)(H,38,42)/t27?,28?,29?,30?,31-/m0/s1. The van der Waals surface area contributed by atoms with E-state index in [4.69, 9.17) is 4.74 Å². The number of amides is 3. The summed E-state index contributed by atoms with van der Waals surface area (Å²) in [6, 6.07) is 7.75. The van der Waals surface area contributed by atoms with Crippen LogP contribution in [-0.2, 0) is 25.5 Å². The Balaban J connectivity index is 1.15. The van der Waals surface area contributed by atoms with Crippen molar-refractivity contribution in [2.45, 2.75) is 139 Å². The molecule has 3 saturated carbocycles. The maximum absolute atomic E-state index is 13.6. The molecule has 4 unspecified atom stereocenters. The minimum Gasteiger partial charge on any atom is -0.445 e. The van der Waals surface area contributed by atoms with E-state index in [0.717, 1.165) is 102 Å². The summed E-state index contributed by atoms with van der Waals surface area (Å²) in [6.45, 7) is 2.09. The average molecular weight is 626 g/mol. The molecule has 1 heterocycles. The highest BCUT2D eigenvalue weighted by Crippen LogP contribution is 2.39. The lowest BCUT2D eigenvalue weighted by Crippen LogP contribution is -2.44. The Morgan fingerprint density at radius 2 is 1.82 bits per heavy atom. The molecule has 4 fully saturated rings. The lowest BCUT2D eigenvalue weighted by molar-refractivity contribution is -0.126. The first-order valence-corrected chi connectivity index (χ1v) is 18.0. The predicted octanol–water partition coefficient (Wildman–Crippen LogP) is 6.33. The van der Waals surface area contributed by atoms with Crippen molar-refractivity contribution in [1.29, 1.82) is 0 Å². The number of hydrogen-bond donors (Lipinski definition) is 3. The molecule has 3 N–H and O–H groups in total. The normalized spacial score (nSPS) is 26.5. The third kappa shape index (κ3) is 9.01. The minimum absolute atomic E-state index is 0.00171. The highest BCUT2D eigenvalue weighted by Gasteiger charge is 2.45. The van der Waals surface area contributed by atoms with E-state index in [1.54, 1.807) is 0 Å². The van der Waals surface area contributed by atoms with E-state index in [2.05, 4.69) is 46.5 Å². The van der Waals surface area contributed by atoms with Crippen molar-refractivity contribution in [3.63, 3.8) is 0 Å². The highest BCUT2D eigenvalue weighted by atomic mass is 32.2. The van der Waals surface area contributed by atoms with Crippen LogP contribution in [0.25, 0.3) is 0 Å². The fourth-order valence-electron chi connectivity index (χ4n) is 8.21. The fourth-order valence-corrected chi connectivity index (χ4v) is 9.04. The van der Waals surface area contributed by atoms with Crippen molar-refractivity contribution in [3.05, 3.63) is 35.4 Å². The number of benzene rings is 1. The molecule has 8 nitrogen and oxygen atoms in total. The van der Waals surface area contributed by atoms with Gasteiger partial charge in [-0.25, -0.2) is 4.79 Å². The number of carbonyl (C=O) groups is 4. The number of ether oxygens (including phenoxy) is 1. The lowest BCUT2D eigenvalue weighted by atomic mass is 9.78. The van der Waals surface area contributed by atoms with E-state index in [1.807, 2.05) is 0 Å². The number of aldehydes is 1. The van der Waals surface area contributed by atoms with Crippen LogP contribution in [0.5, 0.6) is 0 Å². The zero-order valence-corrected chi connectivity index (χ0v) is 27.1. The second kappa shape index (κ2) is 15.6. The molecule has 44 heavy (non-hydrogen) atoms. The minimum atomic E-state index is -0.737. The van der Waals surface area contributed by atoms with E-state index in [1.165, 1.54) is 24.0 Å². The molecule has 1 aromatic carbocycles. The summed E-state index contributed by atoms with van der Waals surface area (Å²) in [7, 11) is 0. The van der Waals surface area contributed by atoms with E-state index < -0.39 is 17.4 Å². The Bertz CT molecular complexity index is 1150. The van der Waals surface area contributed by atoms with Crippen molar-refractivity contribution in [3.8, 4) is 0 Å². The lowest BCUT2D eigenvalue weighted by Gasteiger charge is -2.33. The molecule has 1 saturated heterocycles. The molecule has 0 radical (unpaired) electrons. The SMILES string of the molecule is Cc1cccc(CC2CCCC2OC(=O)NS[C@@H](CC2CCCCC2)C(=O)NC(C=O)CC2CC3(CCCCC3)NC2=O)c1. The third-order valence-corrected chi connectivity index (χ3v) is 11.5. The number of nitrogens with one attached hydrogen (secondary N) is 3. The topological polar surface area (TPSA) is 114 Å². The molecule has 242 valence electrons. The quantitative estimate of drug-likeness (QED) is 0.185. The van der Waals surface area contributed by atoms with Gasteiger partial charge >= 0.3 is 6.09 Å². The smallest absolute Gasteiger partial charge is 0.417 e. The van der Waals surface area contributed by atoms with Crippen molar-refractivity contribution in [1.82, 2.24) is 15.4 Å². The van der Waals surface area contributed by atoms with Gasteiger partial charge < -0.3 is 20.2 Å². The molecular formula is C35H51N3O5S. The van der Waals surface area contributed by atoms with Crippen LogP contribution in [-0.4, -0.2) is 47.1 Å². The molecule has 3 aliphatic carbocycles. The number of aryl methyl sites for hydroxylation is 1. The maximum atomic E-state index is 13.6. The van der Waals surface area contributed by atoms with Crippen LogP contribution >= 0.6 is 11.9 Å². The summed E-state index contributed by atoms with van der Waals surface area (Å²) < 4.78 is 8.73. The van der Waals surface area contributed by atoms with Crippen molar-refractivity contribution in [2.75, 3.05) is 0 Å². The zero-order chi connectivity index (χ0) is 30.9. The van der Waals surface area contributed by atoms with E-state index in [0.29, 0.717) is 18.8 Å². The van der Waals surface area contributed by atoms with Gasteiger partial charge in [-0.05, 0) is 88.1 Å². The molecule has 5 rings (SSSR count). The number of hydrogen-bond acceptors (Lipinski definition) is 6. The first-order valence-electron chi connectivity index (χ1n) is 17.1. The van der Waals surface area contributed by atoms with Crippen LogP contribution in [0.1, 0.15) is 114 Å². The van der Waals surface area contributed by atoms with Crippen molar-refractivity contribution >= 4 is 36.1 Å². The summed E-state index contributed by atoms with van der Waals surface area (Å²) in [5, 5.41) is 5.62. The van der Waals surface area contributed by atoms with Gasteiger partial charge in [0, 0.05) is 17.4 Å². The second-order valence-electron chi connectivity index (χ2n) is 14.0. The van der Waals surface area contributed by atoms with Gasteiger partial charge in [0.25, 0.3) is 0 Å². The second-order valence-corrected chi connectivity index (χ2v) is 15.0. The fraction of sp³-hybridized carbons (Fsp3) is 0.714. The van der Waals surface area contributed by atoms with Gasteiger partial charge in [-0.3, -0.25) is 14.3 Å². The van der Waals surface area contributed by atoms with Crippen molar-refractivity contribution in [2.24, 2.45) is 17.8 Å². The highest BCUT2D eigenvalue weighted by molar-refractivity contribution is 7.99. The Morgan fingerprint density at radius 1 is 1.05 bits per heavy atom. The van der Waals surface area contributed by atoms with E-state index in [9.17, 15) is 19.2 Å². The van der Waals surface area contributed by atoms with Crippen LogP contribution in [0.2, 0.25) is 0 Å². The first-order chi connectivity index (χ1) is 21.3. The Hall–Kier alpha value is -2.55. The van der Waals surface area contributed by atoms with Gasteiger partial charge in [0.15, 0.2) is 0 Å². The van der Waals surface area contributed by atoms with Crippen molar-refractivity contribution < 1.29 is 23.9 Å². The maximum Gasteiger partial charge on any atom is 0.417 e. The summed E-state index contributed by atoms with van der Waals surface area (Å²) in [5.41, 5.74) is 2.35. The van der Waals surface area contributed by atoms with Gasteiger partial charge in [0.05, 0.1) is 6.04 Å². The summed E-state index contributed by atoms with van der Waals surface area (Å²) in [6.07, 6.45) is 16.6. The Kier molecular flexibility index (Phi) is 11.7. The third-order valence-electron chi connectivity index (χ3n) is 10.5. The van der Waals surface area contributed by atoms with Crippen LogP contribution in [0.3, 0.4) is 0 Å². The van der Waals surface area contributed by atoms with Gasteiger partial charge in [-0.1, -0.05) is 81.2 Å². The van der Waals surface area contributed by atoms with Crippen LogP contribution in [0.4, 0.5) is 4.79 Å².